The Morgan fingerprint density at radius 1 is 1.15 bits per heavy atom. The van der Waals surface area contributed by atoms with Crippen molar-refractivity contribution < 1.29 is 19.3 Å². The van der Waals surface area contributed by atoms with Crippen LogP contribution >= 0.6 is 0 Å². The van der Waals surface area contributed by atoms with Gasteiger partial charge in [0.1, 0.15) is 18.5 Å². The lowest BCUT2D eigenvalue weighted by atomic mass is 10.1. The van der Waals surface area contributed by atoms with Crippen molar-refractivity contribution in [3.63, 3.8) is 0 Å². The van der Waals surface area contributed by atoms with Crippen LogP contribution in [-0.4, -0.2) is 18.5 Å². The first-order chi connectivity index (χ1) is 9.74. The van der Waals surface area contributed by atoms with Gasteiger partial charge in [-0.15, -0.1) is 0 Å². The summed E-state index contributed by atoms with van der Waals surface area (Å²) in [6, 6.07) is 12.5. The minimum Gasteiger partial charge on any atom is -0.490 e. The van der Waals surface area contributed by atoms with Gasteiger partial charge >= 0.3 is 0 Å². The summed E-state index contributed by atoms with van der Waals surface area (Å²) in [5, 5.41) is 10.1. The second-order valence-corrected chi connectivity index (χ2v) is 4.47. The molecule has 0 bridgehead atoms. The molecular formula is C15H15NO4. The first-order valence-electron chi connectivity index (χ1n) is 6.29. The lowest BCUT2D eigenvalue weighted by molar-refractivity contribution is 0.108. The van der Waals surface area contributed by atoms with Crippen LogP contribution in [-0.2, 0) is 0 Å². The third-order valence-corrected chi connectivity index (χ3v) is 3.11. The van der Waals surface area contributed by atoms with Gasteiger partial charge in [-0.3, -0.25) is 0 Å². The van der Waals surface area contributed by atoms with Crippen LogP contribution in [0.25, 0.3) is 0 Å². The van der Waals surface area contributed by atoms with E-state index in [0.29, 0.717) is 28.5 Å². The van der Waals surface area contributed by atoms with E-state index < -0.39 is 6.10 Å². The largest absolute Gasteiger partial charge is 0.490 e. The summed E-state index contributed by atoms with van der Waals surface area (Å²) in [5.41, 5.74) is 7.02. The fourth-order valence-electron chi connectivity index (χ4n) is 2.05. The standard InChI is InChI=1S/C15H15NO4/c16-12-4-2-1-3-11(12)13(17)8-18-10-5-6-14-15(7-10)20-9-19-14/h1-7,13,17H,8-9,16H2. The maximum absolute atomic E-state index is 10.1. The predicted molar refractivity (Wildman–Crippen MR) is 73.9 cm³/mol. The molecule has 0 saturated carbocycles. The number of benzene rings is 2. The quantitative estimate of drug-likeness (QED) is 0.835. The molecule has 1 atom stereocenters. The Hall–Kier alpha value is -2.40. The van der Waals surface area contributed by atoms with Crippen molar-refractivity contribution in [2.45, 2.75) is 6.10 Å². The molecule has 104 valence electrons. The van der Waals surface area contributed by atoms with Gasteiger partial charge in [-0.05, 0) is 18.2 Å². The van der Waals surface area contributed by atoms with Crippen LogP contribution in [0.1, 0.15) is 11.7 Å². The topological polar surface area (TPSA) is 73.9 Å². The van der Waals surface area contributed by atoms with Crippen molar-refractivity contribution in [1.29, 1.82) is 0 Å². The highest BCUT2D eigenvalue weighted by Crippen LogP contribution is 2.35. The van der Waals surface area contributed by atoms with Gasteiger partial charge in [-0.2, -0.15) is 0 Å². The van der Waals surface area contributed by atoms with E-state index >= 15 is 0 Å². The van der Waals surface area contributed by atoms with Gasteiger partial charge in [0.25, 0.3) is 0 Å². The number of rotatable bonds is 4. The summed E-state index contributed by atoms with van der Waals surface area (Å²) in [6.45, 7) is 0.343. The molecular weight excluding hydrogens is 258 g/mol. The average molecular weight is 273 g/mol. The van der Waals surface area contributed by atoms with Gasteiger partial charge in [0.15, 0.2) is 11.5 Å². The van der Waals surface area contributed by atoms with E-state index in [4.69, 9.17) is 19.9 Å². The van der Waals surface area contributed by atoms with E-state index in [1.807, 2.05) is 12.1 Å². The number of aliphatic hydroxyl groups is 1. The zero-order valence-corrected chi connectivity index (χ0v) is 10.8. The number of hydrogen-bond donors (Lipinski definition) is 2. The van der Waals surface area contributed by atoms with Crippen LogP contribution in [0.4, 0.5) is 5.69 Å². The molecule has 0 aliphatic carbocycles. The molecule has 0 amide bonds. The number of nitrogens with two attached hydrogens (primary N) is 1. The molecule has 0 fully saturated rings. The van der Waals surface area contributed by atoms with E-state index in [1.165, 1.54) is 0 Å². The Labute approximate surface area is 116 Å². The molecule has 2 aromatic rings. The Bertz CT molecular complexity index is 615. The number of hydrogen-bond acceptors (Lipinski definition) is 5. The van der Waals surface area contributed by atoms with E-state index in [1.54, 1.807) is 30.3 Å². The summed E-state index contributed by atoms with van der Waals surface area (Å²) >= 11 is 0. The van der Waals surface area contributed by atoms with Crippen LogP contribution < -0.4 is 19.9 Å². The number of ether oxygens (including phenoxy) is 3. The third kappa shape index (κ3) is 2.48. The van der Waals surface area contributed by atoms with Crippen LogP contribution in [0, 0.1) is 0 Å². The Kier molecular flexibility index (Phi) is 3.35. The number of nitrogen functional groups attached to an aromatic ring is 1. The van der Waals surface area contributed by atoms with Crippen LogP contribution in [0.15, 0.2) is 42.5 Å². The Morgan fingerprint density at radius 3 is 2.80 bits per heavy atom. The number of aliphatic hydroxyl groups excluding tert-OH is 1. The van der Waals surface area contributed by atoms with Gasteiger partial charge in [0.05, 0.1) is 0 Å². The first kappa shape index (κ1) is 12.6. The molecule has 1 heterocycles. The molecule has 1 unspecified atom stereocenters. The molecule has 5 heteroatoms. The first-order valence-corrected chi connectivity index (χ1v) is 6.29. The molecule has 0 radical (unpaired) electrons. The molecule has 0 aromatic heterocycles. The zero-order valence-electron chi connectivity index (χ0n) is 10.8. The van der Waals surface area contributed by atoms with Crippen molar-refractivity contribution in [1.82, 2.24) is 0 Å². The summed E-state index contributed by atoms with van der Waals surface area (Å²) in [6.07, 6.45) is -0.776. The van der Waals surface area contributed by atoms with Crippen LogP contribution in [0.3, 0.4) is 0 Å². The van der Waals surface area contributed by atoms with E-state index in [9.17, 15) is 5.11 Å². The lowest BCUT2D eigenvalue weighted by Gasteiger charge is -2.14. The minimum atomic E-state index is -0.776. The molecule has 1 aliphatic heterocycles. The summed E-state index contributed by atoms with van der Waals surface area (Å²) in [5.74, 6) is 1.96. The van der Waals surface area contributed by atoms with E-state index in [-0.39, 0.29) is 13.4 Å². The fourth-order valence-corrected chi connectivity index (χ4v) is 2.05. The summed E-state index contributed by atoms with van der Waals surface area (Å²) in [7, 11) is 0. The Morgan fingerprint density at radius 2 is 1.95 bits per heavy atom. The molecule has 2 aromatic carbocycles. The van der Waals surface area contributed by atoms with Gasteiger partial charge in [0.2, 0.25) is 6.79 Å². The highest BCUT2D eigenvalue weighted by atomic mass is 16.7. The summed E-state index contributed by atoms with van der Waals surface area (Å²) < 4.78 is 16.0. The normalized spacial score (nSPS) is 14.1. The van der Waals surface area contributed by atoms with Gasteiger partial charge in [-0.1, -0.05) is 18.2 Å². The molecule has 3 rings (SSSR count). The van der Waals surface area contributed by atoms with E-state index in [0.717, 1.165) is 0 Å². The fraction of sp³-hybridized carbons (Fsp3) is 0.200. The van der Waals surface area contributed by atoms with Gasteiger partial charge in [0, 0.05) is 17.3 Å². The van der Waals surface area contributed by atoms with Crippen molar-refractivity contribution in [3.8, 4) is 17.2 Å². The zero-order chi connectivity index (χ0) is 13.9. The third-order valence-electron chi connectivity index (χ3n) is 3.11. The average Bonchev–Trinajstić information content (AvgIpc) is 2.92. The predicted octanol–water partition coefficient (Wildman–Crippen LogP) is 2.11. The molecule has 3 N–H and O–H groups in total. The summed E-state index contributed by atoms with van der Waals surface area (Å²) in [4.78, 5) is 0. The van der Waals surface area contributed by atoms with Crippen molar-refractivity contribution in [2.24, 2.45) is 0 Å². The van der Waals surface area contributed by atoms with Crippen LogP contribution in [0.2, 0.25) is 0 Å². The molecule has 0 saturated heterocycles. The second kappa shape index (κ2) is 5.30. The smallest absolute Gasteiger partial charge is 0.231 e. The molecule has 5 nitrogen and oxygen atoms in total. The number of fused-ring (bicyclic) bond motifs is 1. The van der Waals surface area contributed by atoms with E-state index in [2.05, 4.69) is 0 Å². The molecule has 0 spiro atoms. The lowest BCUT2D eigenvalue weighted by Crippen LogP contribution is -2.11. The maximum atomic E-state index is 10.1. The highest BCUT2D eigenvalue weighted by molar-refractivity contribution is 5.48. The van der Waals surface area contributed by atoms with Gasteiger partial charge < -0.3 is 25.1 Å². The maximum Gasteiger partial charge on any atom is 0.231 e. The van der Waals surface area contributed by atoms with Crippen LogP contribution in [0.5, 0.6) is 17.2 Å². The molecule has 20 heavy (non-hydrogen) atoms. The minimum absolute atomic E-state index is 0.119. The van der Waals surface area contributed by atoms with Crippen molar-refractivity contribution >= 4 is 5.69 Å². The number of para-hydroxylation sites is 1. The SMILES string of the molecule is Nc1ccccc1C(O)COc1ccc2c(c1)OCO2. The van der Waals surface area contributed by atoms with Crippen molar-refractivity contribution in [3.05, 3.63) is 48.0 Å². The van der Waals surface area contributed by atoms with Gasteiger partial charge in [-0.25, -0.2) is 0 Å². The van der Waals surface area contributed by atoms with Crippen molar-refractivity contribution in [2.75, 3.05) is 19.1 Å². The second-order valence-electron chi connectivity index (χ2n) is 4.47. The highest BCUT2D eigenvalue weighted by Gasteiger charge is 2.15. The molecule has 1 aliphatic rings. The monoisotopic (exact) mass is 273 g/mol. The Balaban J connectivity index is 1.66. The number of anilines is 1.